The highest BCUT2D eigenvalue weighted by atomic mass is 19.4. The molecule has 0 aromatic heterocycles. The predicted molar refractivity (Wildman–Crippen MR) is 32.7 cm³/mol. The number of alkyl halides is 6. The molecular weight excluding hydrogens is 252 g/mol. The average Bonchev–Trinajstić information content (AvgIpc) is 1.99. The number of azide groups is 1. The lowest BCUT2D eigenvalue weighted by Gasteiger charge is -2.26. The summed E-state index contributed by atoms with van der Waals surface area (Å²) in [6, 6.07) is -5.57. The molecule has 0 amide bonds. The number of carbonyl (C=O) groups is 1. The van der Waals surface area contributed by atoms with Gasteiger partial charge in [0.25, 0.3) is 0 Å². The van der Waals surface area contributed by atoms with Gasteiger partial charge in [0.05, 0.1) is 0 Å². The van der Waals surface area contributed by atoms with Crippen LogP contribution in [0.1, 0.15) is 0 Å². The predicted octanol–water partition coefficient (Wildman–Crippen LogP) is 2.18. The molecule has 0 saturated heterocycles. The summed E-state index contributed by atoms with van der Waals surface area (Å²) < 4.78 is 74.3. The average molecular weight is 253 g/mol. The molecule has 0 aliphatic rings. The van der Waals surface area contributed by atoms with Crippen molar-refractivity contribution in [2.75, 3.05) is 0 Å². The minimum Gasteiger partial charge on any atom is -0.477 e. The molecule has 0 bridgehead atoms. The van der Waals surface area contributed by atoms with Crippen molar-refractivity contribution in [2.24, 2.45) is 5.11 Å². The summed E-state index contributed by atoms with van der Waals surface area (Å²) in [4.78, 5) is 11.3. The van der Waals surface area contributed by atoms with Crippen molar-refractivity contribution in [2.45, 2.75) is 18.3 Å². The molecule has 0 heterocycles. The molecule has 1 N–H and O–H groups in total. The summed E-state index contributed by atoms with van der Waals surface area (Å²) >= 11 is 0. The van der Waals surface area contributed by atoms with Crippen molar-refractivity contribution in [1.29, 1.82) is 0 Å². The van der Waals surface area contributed by atoms with Crippen molar-refractivity contribution in [3.8, 4) is 0 Å². The van der Waals surface area contributed by atoms with Crippen LogP contribution in [0, 0.1) is 0 Å². The van der Waals surface area contributed by atoms with Gasteiger partial charge in [-0.15, -0.1) is 13.2 Å². The van der Waals surface area contributed by atoms with Crippen LogP contribution in [0.25, 0.3) is 10.4 Å². The molecule has 0 saturated carbocycles. The van der Waals surface area contributed by atoms with E-state index in [1.54, 1.807) is 0 Å². The first-order valence-electron chi connectivity index (χ1n) is 3.09. The normalized spacial score (nSPS) is 16.1. The molecule has 6 nitrogen and oxygen atoms in total. The lowest BCUT2D eigenvalue weighted by Crippen LogP contribution is -2.54. The Morgan fingerprint density at radius 2 is 1.69 bits per heavy atom. The van der Waals surface area contributed by atoms with E-state index in [9.17, 15) is 31.1 Å². The standard InChI is InChI=1S/C4HF6N3O3/c5-2(1(14)15,16-4(8,9)10)3(6,7)12-13-11/h(H,14,15). The smallest absolute Gasteiger partial charge is 0.477 e. The number of halogens is 6. The molecule has 0 fully saturated rings. The van der Waals surface area contributed by atoms with Crippen LogP contribution >= 0.6 is 0 Å². The number of carboxylic acids is 1. The van der Waals surface area contributed by atoms with E-state index in [-0.39, 0.29) is 0 Å². The third kappa shape index (κ3) is 2.90. The maximum atomic E-state index is 12.8. The molecular formula is C4HF6N3O3. The van der Waals surface area contributed by atoms with Gasteiger partial charge >= 0.3 is 24.2 Å². The van der Waals surface area contributed by atoms with E-state index in [1.165, 1.54) is 10.0 Å². The Bertz CT molecular complexity index is 336. The summed E-state index contributed by atoms with van der Waals surface area (Å²) in [7, 11) is 0. The zero-order chi connectivity index (χ0) is 13.2. The Labute approximate surface area is 82.0 Å². The number of hydrogen-bond acceptors (Lipinski definition) is 3. The van der Waals surface area contributed by atoms with Gasteiger partial charge in [0.1, 0.15) is 0 Å². The van der Waals surface area contributed by atoms with Gasteiger partial charge in [-0.2, -0.15) is 13.2 Å². The fraction of sp³-hybridized carbons (Fsp3) is 0.750. The molecule has 0 aliphatic heterocycles. The van der Waals surface area contributed by atoms with Crippen molar-refractivity contribution in [3.63, 3.8) is 0 Å². The van der Waals surface area contributed by atoms with Crippen molar-refractivity contribution in [3.05, 3.63) is 10.4 Å². The van der Waals surface area contributed by atoms with Crippen LogP contribution in [0.3, 0.4) is 0 Å². The Balaban J connectivity index is 5.44. The largest absolute Gasteiger partial charge is 0.525 e. The Hall–Kier alpha value is -1.68. The molecule has 0 aromatic carbocycles. The van der Waals surface area contributed by atoms with Gasteiger partial charge in [-0.05, 0) is 10.6 Å². The molecule has 0 aromatic rings. The van der Waals surface area contributed by atoms with Gasteiger partial charge in [-0.1, -0.05) is 0 Å². The van der Waals surface area contributed by atoms with E-state index >= 15 is 0 Å². The van der Waals surface area contributed by atoms with Crippen LogP contribution in [0.2, 0.25) is 0 Å². The lowest BCUT2D eigenvalue weighted by molar-refractivity contribution is -0.417. The van der Waals surface area contributed by atoms with Crippen molar-refractivity contribution >= 4 is 5.97 Å². The Morgan fingerprint density at radius 1 is 1.25 bits per heavy atom. The molecule has 0 spiro atoms. The van der Waals surface area contributed by atoms with Crippen LogP contribution in [0.5, 0.6) is 0 Å². The molecule has 92 valence electrons. The molecule has 0 aliphatic carbocycles. The minimum atomic E-state index is -6.00. The van der Waals surface area contributed by atoms with Gasteiger partial charge in [0, 0.05) is 4.91 Å². The maximum absolute atomic E-state index is 12.8. The monoisotopic (exact) mass is 253 g/mol. The second kappa shape index (κ2) is 4.06. The van der Waals surface area contributed by atoms with Gasteiger partial charge in [-0.3, -0.25) is 0 Å². The highest BCUT2D eigenvalue weighted by Gasteiger charge is 2.67. The topological polar surface area (TPSA) is 95.3 Å². The zero-order valence-corrected chi connectivity index (χ0v) is 6.87. The SMILES string of the molecule is [N-]=[N+]=NC(F)(F)C(F)(OC(F)(F)F)C(=O)O. The zero-order valence-electron chi connectivity index (χ0n) is 6.87. The minimum absolute atomic E-state index is 1.30. The molecule has 1 atom stereocenters. The number of aliphatic carboxylic acids is 1. The number of hydrogen-bond donors (Lipinski definition) is 1. The van der Waals surface area contributed by atoms with Crippen molar-refractivity contribution < 1.29 is 41.0 Å². The first kappa shape index (κ1) is 14.3. The summed E-state index contributed by atoms with van der Waals surface area (Å²) in [5, 5.41) is 9.20. The summed E-state index contributed by atoms with van der Waals surface area (Å²) in [5.41, 5.74) is 7.53. The first-order valence-corrected chi connectivity index (χ1v) is 3.09. The molecule has 1 unspecified atom stereocenters. The van der Waals surface area contributed by atoms with Crippen LogP contribution in [-0.2, 0) is 9.53 Å². The first-order chi connectivity index (χ1) is 6.96. The highest BCUT2D eigenvalue weighted by Crippen LogP contribution is 2.39. The lowest BCUT2D eigenvalue weighted by atomic mass is 10.2. The summed E-state index contributed by atoms with van der Waals surface area (Å²) in [6.07, 6.45) is -6.00. The molecule has 12 heteroatoms. The van der Waals surface area contributed by atoms with Crippen LogP contribution < -0.4 is 0 Å². The summed E-state index contributed by atoms with van der Waals surface area (Å²) in [6.45, 7) is 0. The fourth-order valence-electron chi connectivity index (χ4n) is 0.514. The summed E-state index contributed by atoms with van der Waals surface area (Å²) in [5.74, 6) is -8.82. The van der Waals surface area contributed by atoms with E-state index in [1.807, 2.05) is 0 Å². The van der Waals surface area contributed by atoms with Gasteiger partial charge in [-0.25, -0.2) is 9.53 Å². The van der Waals surface area contributed by atoms with E-state index in [0.717, 1.165) is 0 Å². The number of ether oxygens (including phenoxy) is 1. The van der Waals surface area contributed by atoms with Crippen LogP contribution in [0.15, 0.2) is 5.11 Å². The van der Waals surface area contributed by atoms with Gasteiger partial charge in [0.15, 0.2) is 0 Å². The molecule has 16 heavy (non-hydrogen) atoms. The Morgan fingerprint density at radius 3 is 1.94 bits per heavy atom. The number of rotatable bonds is 4. The van der Waals surface area contributed by atoms with E-state index in [2.05, 4.69) is 4.74 Å². The quantitative estimate of drug-likeness (QED) is 0.273. The van der Waals surface area contributed by atoms with Crippen LogP contribution in [0.4, 0.5) is 26.3 Å². The fourth-order valence-corrected chi connectivity index (χ4v) is 0.514. The van der Waals surface area contributed by atoms with E-state index in [0.29, 0.717) is 0 Å². The van der Waals surface area contributed by atoms with Gasteiger partial charge < -0.3 is 5.11 Å². The second-order valence-electron chi connectivity index (χ2n) is 2.18. The molecule has 0 radical (unpaired) electrons. The molecule has 0 rings (SSSR count). The third-order valence-corrected chi connectivity index (χ3v) is 1.09. The Kier molecular flexibility index (Phi) is 3.63. The van der Waals surface area contributed by atoms with E-state index in [4.69, 9.17) is 10.6 Å². The van der Waals surface area contributed by atoms with Crippen LogP contribution in [-0.4, -0.2) is 29.3 Å². The third-order valence-electron chi connectivity index (χ3n) is 1.09. The number of carboxylic acid groups (broad SMARTS) is 1. The maximum Gasteiger partial charge on any atom is 0.525 e. The van der Waals surface area contributed by atoms with E-state index < -0.39 is 24.2 Å². The van der Waals surface area contributed by atoms with Crippen molar-refractivity contribution in [1.82, 2.24) is 0 Å². The van der Waals surface area contributed by atoms with Gasteiger partial charge in [0.2, 0.25) is 0 Å². The number of nitrogens with zero attached hydrogens (tertiary/aromatic N) is 3. The second-order valence-corrected chi connectivity index (χ2v) is 2.18. The highest BCUT2D eigenvalue weighted by molar-refractivity contribution is 5.76.